The molecule has 0 amide bonds. The largest absolute Gasteiger partial charge is 0.457 e. The van der Waals surface area contributed by atoms with Crippen LogP contribution >= 0.6 is 11.3 Å². The van der Waals surface area contributed by atoms with E-state index in [4.69, 9.17) is 4.74 Å². The summed E-state index contributed by atoms with van der Waals surface area (Å²) < 4.78 is 6.95. The summed E-state index contributed by atoms with van der Waals surface area (Å²) in [5.41, 5.74) is 1.88. The first-order valence-corrected chi connectivity index (χ1v) is 7.26. The van der Waals surface area contributed by atoms with E-state index in [1.807, 2.05) is 49.4 Å². The molecule has 20 heavy (non-hydrogen) atoms. The van der Waals surface area contributed by atoms with Gasteiger partial charge in [-0.15, -0.1) is 11.3 Å². The Hall–Kier alpha value is -1.91. The third-order valence-corrected chi connectivity index (χ3v) is 4.00. The smallest absolute Gasteiger partial charge is 0.128 e. The molecule has 1 N–H and O–H groups in total. The van der Waals surface area contributed by atoms with Gasteiger partial charge in [0.05, 0.1) is 21.3 Å². The van der Waals surface area contributed by atoms with Crippen LogP contribution in [0.5, 0.6) is 11.5 Å². The molecule has 0 saturated carbocycles. The zero-order valence-electron chi connectivity index (χ0n) is 11.3. The van der Waals surface area contributed by atoms with Gasteiger partial charge >= 0.3 is 0 Å². The van der Waals surface area contributed by atoms with Crippen LogP contribution < -0.4 is 4.74 Å². The maximum absolute atomic E-state index is 9.48. The molecule has 0 aliphatic carbocycles. The van der Waals surface area contributed by atoms with Crippen LogP contribution in [0.4, 0.5) is 0 Å². The van der Waals surface area contributed by atoms with E-state index in [2.05, 4.69) is 4.98 Å². The van der Waals surface area contributed by atoms with Crippen molar-refractivity contribution in [1.82, 2.24) is 4.98 Å². The van der Waals surface area contributed by atoms with Crippen molar-refractivity contribution in [2.75, 3.05) is 0 Å². The molecular weight excluding hydrogens is 270 g/mol. The molecule has 1 unspecified atom stereocenters. The van der Waals surface area contributed by atoms with Crippen molar-refractivity contribution in [3.63, 3.8) is 0 Å². The third kappa shape index (κ3) is 2.66. The van der Waals surface area contributed by atoms with Crippen LogP contribution in [0.2, 0.25) is 0 Å². The molecule has 0 aliphatic rings. The molecule has 0 aliphatic heterocycles. The van der Waals surface area contributed by atoms with Crippen molar-refractivity contribution in [2.24, 2.45) is 0 Å². The van der Waals surface area contributed by atoms with Gasteiger partial charge in [0.25, 0.3) is 0 Å². The second-order valence-corrected chi connectivity index (χ2v) is 5.94. The van der Waals surface area contributed by atoms with Gasteiger partial charge in [-0.1, -0.05) is 12.1 Å². The number of hydrogen-bond acceptors (Lipinski definition) is 4. The first kappa shape index (κ1) is 13.1. The summed E-state index contributed by atoms with van der Waals surface area (Å²) in [5.74, 6) is 1.56. The summed E-state index contributed by atoms with van der Waals surface area (Å²) >= 11 is 1.66. The average Bonchev–Trinajstić information content (AvgIpc) is 2.78. The molecule has 3 aromatic rings. The normalized spacial score (nSPS) is 12.6. The Labute approximate surface area is 121 Å². The van der Waals surface area contributed by atoms with E-state index >= 15 is 0 Å². The summed E-state index contributed by atoms with van der Waals surface area (Å²) in [6.07, 6.45) is -0.458. The molecule has 4 heteroatoms. The SMILES string of the molecule is Cc1nc2ccc(Oc3ccc(C(C)O)cc3)cc2s1. The highest BCUT2D eigenvalue weighted by Gasteiger charge is 2.04. The fourth-order valence-corrected chi connectivity index (χ4v) is 2.89. The van der Waals surface area contributed by atoms with Crippen molar-refractivity contribution < 1.29 is 9.84 Å². The van der Waals surface area contributed by atoms with Gasteiger partial charge in [-0.2, -0.15) is 0 Å². The Kier molecular flexibility index (Phi) is 3.42. The number of benzene rings is 2. The van der Waals surface area contributed by atoms with Crippen LogP contribution in [0.1, 0.15) is 23.6 Å². The highest BCUT2D eigenvalue weighted by Crippen LogP contribution is 2.29. The minimum atomic E-state index is -0.458. The van der Waals surface area contributed by atoms with Crippen LogP contribution in [0, 0.1) is 6.92 Å². The van der Waals surface area contributed by atoms with Crippen LogP contribution in [0.15, 0.2) is 42.5 Å². The highest BCUT2D eigenvalue weighted by molar-refractivity contribution is 7.18. The minimum Gasteiger partial charge on any atom is -0.457 e. The summed E-state index contributed by atoms with van der Waals surface area (Å²) in [7, 11) is 0. The predicted molar refractivity (Wildman–Crippen MR) is 81.5 cm³/mol. The number of aliphatic hydroxyl groups is 1. The summed E-state index contributed by atoms with van der Waals surface area (Å²) in [5, 5.41) is 10.5. The lowest BCUT2D eigenvalue weighted by atomic mass is 10.1. The summed E-state index contributed by atoms with van der Waals surface area (Å²) in [4.78, 5) is 4.43. The van der Waals surface area contributed by atoms with Crippen LogP contribution in [-0.4, -0.2) is 10.1 Å². The number of ether oxygens (including phenoxy) is 1. The van der Waals surface area contributed by atoms with E-state index in [0.29, 0.717) is 0 Å². The maximum Gasteiger partial charge on any atom is 0.128 e. The molecule has 102 valence electrons. The van der Waals surface area contributed by atoms with Gasteiger partial charge in [0.1, 0.15) is 11.5 Å². The predicted octanol–water partition coefficient (Wildman–Crippen LogP) is 4.45. The van der Waals surface area contributed by atoms with Crippen LogP contribution in [0.3, 0.4) is 0 Å². The number of fused-ring (bicyclic) bond motifs is 1. The Morgan fingerprint density at radius 3 is 2.50 bits per heavy atom. The van der Waals surface area contributed by atoms with E-state index < -0.39 is 6.10 Å². The Balaban J connectivity index is 1.84. The topological polar surface area (TPSA) is 42.4 Å². The lowest BCUT2D eigenvalue weighted by molar-refractivity contribution is 0.199. The first-order chi connectivity index (χ1) is 9.61. The average molecular weight is 285 g/mol. The van der Waals surface area contributed by atoms with Crippen LogP contribution in [0.25, 0.3) is 10.2 Å². The lowest BCUT2D eigenvalue weighted by Gasteiger charge is -2.08. The summed E-state index contributed by atoms with van der Waals surface area (Å²) in [6.45, 7) is 3.75. The molecule has 0 fully saturated rings. The van der Waals surface area contributed by atoms with Gasteiger partial charge in [-0.05, 0) is 43.7 Å². The number of aromatic nitrogens is 1. The van der Waals surface area contributed by atoms with Gasteiger partial charge in [-0.3, -0.25) is 0 Å². The number of aryl methyl sites for hydroxylation is 1. The second kappa shape index (κ2) is 5.23. The molecule has 1 atom stereocenters. The third-order valence-electron chi connectivity index (χ3n) is 3.07. The fraction of sp³-hybridized carbons (Fsp3) is 0.188. The number of rotatable bonds is 3. The maximum atomic E-state index is 9.48. The summed E-state index contributed by atoms with van der Waals surface area (Å²) in [6, 6.07) is 13.4. The van der Waals surface area contributed by atoms with Gasteiger partial charge < -0.3 is 9.84 Å². The molecule has 2 aromatic carbocycles. The zero-order valence-corrected chi connectivity index (χ0v) is 12.1. The highest BCUT2D eigenvalue weighted by atomic mass is 32.1. The van der Waals surface area contributed by atoms with E-state index in [0.717, 1.165) is 32.3 Å². The van der Waals surface area contributed by atoms with Crippen molar-refractivity contribution in [2.45, 2.75) is 20.0 Å². The van der Waals surface area contributed by atoms with Gasteiger partial charge in [0.2, 0.25) is 0 Å². The molecule has 3 nitrogen and oxygen atoms in total. The second-order valence-electron chi connectivity index (χ2n) is 4.71. The molecule has 1 aromatic heterocycles. The molecule has 0 saturated heterocycles. The van der Waals surface area contributed by atoms with E-state index in [-0.39, 0.29) is 0 Å². The van der Waals surface area contributed by atoms with Gasteiger partial charge in [0, 0.05) is 6.07 Å². The van der Waals surface area contributed by atoms with E-state index in [9.17, 15) is 5.11 Å². The number of thiazole rings is 1. The van der Waals surface area contributed by atoms with E-state index in [1.54, 1.807) is 18.3 Å². The van der Waals surface area contributed by atoms with Gasteiger partial charge in [0.15, 0.2) is 0 Å². The standard InChI is InChI=1S/C16H15NO2S/c1-10(18)12-3-5-13(6-4-12)19-14-7-8-15-16(9-14)20-11(2)17-15/h3-10,18H,1-2H3. The van der Waals surface area contributed by atoms with Crippen molar-refractivity contribution in [3.8, 4) is 11.5 Å². The molecule has 0 spiro atoms. The minimum absolute atomic E-state index is 0.458. The Morgan fingerprint density at radius 1 is 1.10 bits per heavy atom. The fourth-order valence-electron chi connectivity index (χ4n) is 2.03. The molecule has 0 radical (unpaired) electrons. The monoisotopic (exact) mass is 285 g/mol. The first-order valence-electron chi connectivity index (χ1n) is 6.45. The quantitative estimate of drug-likeness (QED) is 0.773. The molecule has 3 rings (SSSR count). The Bertz CT molecular complexity index is 732. The van der Waals surface area contributed by atoms with Crippen molar-refractivity contribution in [3.05, 3.63) is 53.0 Å². The number of hydrogen-bond donors (Lipinski definition) is 1. The van der Waals surface area contributed by atoms with Gasteiger partial charge in [-0.25, -0.2) is 4.98 Å². The molecule has 1 heterocycles. The van der Waals surface area contributed by atoms with Crippen molar-refractivity contribution >= 4 is 21.6 Å². The lowest BCUT2D eigenvalue weighted by Crippen LogP contribution is -1.90. The number of nitrogens with zero attached hydrogens (tertiary/aromatic N) is 1. The zero-order chi connectivity index (χ0) is 14.1. The van der Waals surface area contributed by atoms with Crippen LogP contribution in [-0.2, 0) is 0 Å². The molecular formula is C16H15NO2S. The molecule has 0 bridgehead atoms. The number of aliphatic hydroxyl groups excluding tert-OH is 1. The Morgan fingerprint density at radius 2 is 1.80 bits per heavy atom. The van der Waals surface area contributed by atoms with Crippen molar-refractivity contribution in [1.29, 1.82) is 0 Å². The van der Waals surface area contributed by atoms with E-state index in [1.165, 1.54) is 0 Å².